The second-order valence-corrected chi connectivity index (χ2v) is 4.54. The average molecular weight is 264 g/mol. The number of rotatable bonds is 5. The SMILES string of the molecule is COCc1ccccc1NC(=O)CC1CNCCO1. The van der Waals surface area contributed by atoms with Crippen LogP contribution in [0.15, 0.2) is 24.3 Å². The first-order chi connectivity index (χ1) is 9.29. The Labute approximate surface area is 113 Å². The quantitative estimate of drug-likeness (QED) is 0.837. The molecule has 5 heteroatoms. The van der Waals surface area contributed by atoms with Crippen molar-refractivity contribution in [1.82, 2.24) is 5.32 Å². The summed E-state index contributed by atoms with van der Waals surface area (Å²) in [6.45, 7) is 2.73. The van der Waals surface area contributed by atoms with E-state index in [1.165, 1.54) is 0 Å². The topological polar surface area (TPSA) is 59.6 Å². The molecule has 0 spiro atoms. The minimum Gasteiger partial charge on any atom is -0.380 e. The summed E-state index contributed by atoms with van der Waals surface area (Å²) in [6, 6.07) is 7.65. The lowest BCUT2D eigenvalue weighted by atomic mass is 10.1. The number of nitrogens with one attached hydrogen (secondary N) is 2. The van der Waals surface area contributed by atoms with Gasteiger partial charge >= 0.3 is 0 Å². The van der Waals surface area contributed by atoms with E-state index in [9.17, 15) is 4.79 Å². The fourth-order valence-electron chi connectivity index (χ4n) is 2.08. The van der Waals surface area contributed by atoms with Crippen LogP contribution in [0, 0.1) is 0 Å². The number of morpholine rings is 1. The zero-order valence-corrected chi connectivity index (χ0v) is 11.1. The number of hydrogen-bond donors (Lipinski definition) is 2. The van der Waals surface area contributed by atoms with Crippen molar-refractivity contribution < 1.29 is 14.3 Å². The molecule has 0 saturated carbocycles. The molecular formula is C14H20N2O3. The van der Waals surface area contributed by atoms with E-state index in [0.717, 1.165) is 24.3 Å². The summed E-state index contributed by atoms with van der Waals surface area (Å²) in [7, 11) is 1.64. The van der Waals surface area contributed by atoms with Gasteiger partial charge in [0.15, 0.2) is 0 Å². The Kier molecular flexibility index (Phi) is 5.32. The summed E-state index contributed by atoms with van der Waals surface area (Å²) in [5, 5.41) is 6.13. The van der Waals surface area contributed by atoms with Crippen molar-refractivity contribution in [3.05, 3.63) is 29.8 Å². The number of methoxy groups -OCH3 is 1. The third kappa shape index (κ3) is 4.31. The number of para-hydroxylation sites is 1. The van der Waals surface area contributed by atoms with Gasteiger partial charge in [-0.2, -0.15) is 0 Å². The van der Waals surface area contributed by atoms with Crippen LogP contribution in [-0.2, 0) is 20.9 Å². The molecule has 1 heterocycles. The fraction of sp³-hybridized carbons (Fsp3) is 0.500. The highest BCUT2D eigenvalue weighted by molar-refractivity contribution is 5.91. The van der Waals surface area contributed by atoms with Gasteiger partial charge in [0.25, 0.3) is 0 Å². The Hall–Kier alpha value is -1.43. The molecule has 1 aliphatic rings. The molecule has 0 aromatic heterocycles. The number of hydrogen-bond acceptors (Lipinski definition) is 4. The van der Waals surface area contributed by atoms with E-state index in [-0.39, 0.29) is 12.0 Å². The van der Waals surface area contributed by atoms with Crippen molar-refractivity contribution in [3.8, 4) is 0 Å². The van der Waals surface area contributed by atoms with E-state index in [4.69, 9.17) is 9.47 Å². The van der Waals surface area contributed by atoms with Crippen molar-refractivity contribution in [3.63, 3.8) is 0 Å². The standard InChI is InChI=1S/C14H20N2O3/c1-18-10-11-4-2-3-5-13(11)16-14(17)8-12-9-15-6-7-19-12/h2-5,12,15H,6-10H2,1H3,(H,16,17). The van der Waals surface area contributed by atoms with Gasteiger partial charge in [-0.1, -0.05) is 18.2 Å². The van der Waals surface area contributed by atoms with E-state index in [2.05, 4.69) is 10.6 Å². The van der Waals surface area contributed by atoms with Crippen LogP contribution in [-0.4, -0.2) is 38.8 Å². The second kappa shape index (κ2) is 7.23. The molecule has 1 saturated heterocycles. The summed E-state index contributed by atoms with van der Waals surface area (Å²) >= 11 is 0. The molecule has 1 aliphatic heterocycles. The first-order valence-corrected chi connectivity index (χ1v) is 6.48. The predicted octanol–water partition coefficient (Wildman–Crippen LogP) is 1.15. The molecule has 2 N–H and O–H groups in total. The van der Waals surface area contributed by atoms with Gasteiger partial charge in [0.1, 0.15) is 0 Å². The molecule has 0 aliphatic carbocycles. The normalized spacial score (nSPS) is 19.1. The maximum absolute atomic E-state index is 12.0. The summed E-state index contributed by atoms with van der Waals surface area (Å²) in [5.41, 5.74) is 1.78. The Morgan fingerprint density at radius 3 is 3.11 bits per heavy atom. The average Bonchev–Trinajstić information content (AvgIpc) is 2.42. The first kappa shape index (κ1) is 14.0. The van der Waals surface area contributed by atoms with Crippen LogP contribution < -0.4 is 10.6 Å². The molecule has 1 aromatic rings. The number of ether oxygens (including phenoxy) is 2. The van der Waals surface area contributed by atoms with Crippen LogP contribution in [0.3, 0.4) is 0 Å². The maximum atomic E-state index is 12.0. The highest BCUT2D eigenvalue weighted by atomic mass is 16.5. The zero-order chi connectivity index (χ0) is 13.5. The third-order valence-electron chi connectivity index (χ3n) is 3.01. The van der Waals surface area contributed by atoms with Crippen LogP contribution in [0.4, 0.5) is 5.69 Å². The van der Waals surface area contributed by atoms with Crippen molar-refractivity contribution in [2.75, 3.05) is 32.1 Å². The molecular weight excluding hydrogens is 244 g/mol. The first-order valence-electron chi connectivity index (χ1n) is 6.48. The lowest BCUT2D eigenvalue weighted by molar-refractivity contribution is -0.119. The largest absolute Gasteiger partial charge is 0.380 e. The summed E-state index contributed by atoms with van der Waals surface area (Å²) in [6.07, 6.45) is 0.331. The smallest absolute Gasteiger partial charge is 0.227 e. The number of carbonyl (C=O) groups excluding carboxylic acids is 1. The van der Waals surface area contributed by atoms with Crippen molar-refractivity contribution in [2.45, 2.75) is 19.1 Å². The van der Waals surface area contributed by atoms with Crippen molar-refractivity contribution in [1.29, 1.82) is 0 Å². The lowest BCUT2D eigenvalue weighted by Crippen LogP contribution is -2.40. The third-order valence-corrected chi connectivity index (χ3v) is 3.01. The molecule has 1 unspecified atom stereocenters. The summed E-state index contributed by atoms with van der Waals surface area (Å²) < 4.78 is 10.6. The lowest BCUT2D eigenvalue weighted by Gasteiger charge is -2.23. The number of amides is 1. The Morgan fingerprint density at radius 2 is 2.37 bits per heavy atom. The summed E-state index contributed by atoms with van der Waals surface area (Å²) in [5.74, 6) is -0.0303. The Balaban J connectivity index is 1.90. The minimum absolute atomic E-state index is 0.0303. The van der Waals surface area contributed by atoms with E-state index in [0.29, 0.717) is 19.6 Å². The van der Waals surface area contributed by atoms with Gasteiger partial charge in [-0.15, -0.1) is 0 Å². The van der Waals surface area contributed by atoms with E-state index < -0.39 is 0 Å². The Bertz CT molecular complexity index is 417. The molecule has 1 fully saturated rings. The van der Waals surface area contributed by atoms with Gasteiger partial charge in [-0.3, -0.25) is 4.79 Å². The molecule has 1 atom stereocenters. The number of anilines is 1. The molecule has 5 nitrogen and oxygen atoms in total. The molecule has 1 amide bonds. The molecule has 1 aromatic carbocycles. The molecule has 104 valence electrons. The Morgan fingerprint density at radius 1 is 1.53 bits per heavy atom. The van der Waals surface area contributed by atoms with Gasteiger partial charge in [-0.05, 0) is 6.07 Å². The van der Waals surface area contributed by atoms with Crippen molar-refractivity contribution >= 4 is 11.6 Å². The van der Waals surface area contributed by atoms with Crippen LogP contribution in [0.2, 0.25) is 0 Å². The highest BCUT2D eigenvalue weighted by Crippen LogP contribution is 2.16. The number of carbonyl (C=O) groups is 1. The van der Waals surface area contributed by atoms with Gasteiger partial charge in [-0.25, -0.2) is 0 Å². The molecule has 19 heavy (non-hydrogen) atoms. The zero-order valence-electron chi connectivity index (χ0n) is 11.1. The summed E-state index contributed by atoms with van der Waals surface area (Å²) in [4.78, 5) is 12.0. The molecule has 0 radical (unpaired) electrons. The second-order valence-electron chi connectivity index (χ2n) is 4.54. The molecule has 2 rings (SSSR count). The van der Waals surface area contributed by atoms with Crippen LogP contribution in [0.25, 0.3) is 0 Å². The monoisotopic (exact) mass is 264 g/mol. The van der Waals surface area contributed by atoms with Crippen molar-refractivity contribution in [2.24, 2.45) is 0 Å². The maximum Gasteiger partial charge on any atom is 0.227 e. The van der Waals surface area contributed by atoms with Gasteiger partial charge in [0.05, 0.1) is 25.7 Å². The predicted molar refractivity (Wildman–Crippen MR) is 73.0 cm³/mol. The van der Waals surface area contributed by atoms with Gasteiger partial charge in [0.2, 0.25) is 5.91 Å². The highest BCUT2D eigenvalue weighted by Gasteiger charge is 2.17. The van der Waals surface area contributed by atoms with Gasteiger partial charge in [0, 0.05) is 31.5 Å². The fourth-order valence-corrected chi connectivity index (χ4v) is 2.08. The van der Waals surface area contributed by atoms with E-state index >= 15 is 0 Å². The van der Waals surface area contributed by atoms with Crippen LogP contribution in [0.5, 0.6) is 0 Å². The van der Waals surface area contributed by atoms with E-state index in [1.54, 1.807) is 7.11 Å². The van der Waals surface area contributed by atoms with Gasteiger partial charge < -0.3 is 20.1 Å². The van der Waals surface area contributed by atoms with Crippen LogP contribution in [0.1, 0.15) is 12.0 Å². The molecule has 0 bridgehead atoms. The number of benzene rings is 1. The minimum atomic E-state index is -0.0386. The van der Waals surface area contributed by atoms with E-state index in [1.807, 2.05) is 24.3 Å². The van der Waals surface area contributed by atoms with Crippen LogP contribution >= 0.6 is 0 Å².